The van der Waals surface area contributed by atoms with Gasteiger partial charge >= 0.3 is 0 Å². The largest absolute Gasteiger partial charge is 0.484 e. The first-order valence-electron chi connectivity index (χ1n) is 8.47. The summed E-state index contributed by atoms with van der Waals surface area (Å²) in [5.74, 6) is -0.976. The number of aromatic amines is 1. The fourth-order valence-electron chi connectivity index (χ4n) is 3.09. The Hall–Kier alpha value is -2.60. The number of aromatic nitrogens is 1. The topological polar surface area (TPSA) is 54.1 Å². The fourth-order valence-corrected chi connectivity index (χ4v) is 3.31. The Morgan fingerprint density at radius 1 is 1.22 bits per heavy atom. The van der Waals surface area contributed by atoms with E-state index in [0.717, 1.165) is 34.3 Å². The second-order valence-electron chi connectivity index (χ2n) is 6.34. The summed E-state index contributed by atoms with van der Waals surface area (Å²) in [4.78, 5) is 15.0. The van der Waals surface area contributed by atoms with Crippen LogP contribution in [0, 0.1) is 25.5 Å². The number of halogens is 3. The van der Waals surface area contributed by atoms with Crippen LogP contribution < -0.4 is 10.1 Å². The molecule has 0 aliphatic rings. The predicted octanol–water partition coefficient (Wildman–Crippen LogP) is 4.45. The minimum atomic E-state index is -0.532. The van der Waals surface area contributed by atoms with E-state index in [0.29, 0.717) is 18.5 Å². The Bertz CT molecular complexity index is 981. The van der Waals surface area contributed by atoms with E-state index in [1.165, 1.54) is 12.1 Å². The molecule has 2 aromatic carbocycles. The normalized spacial score (nSPS) is 11.0. The third kappa shape index (κ3) is 4.39. The van der Waals surface area contributed by atoms with Gasteiger partial charge in [0.15, 0.2) is 6.61 Å². The number of carbonyl (C=O) groups excluding carboxylic acids is 1. The molecule has 3 rings (SSSR count). The molecule has 7 heteroatoms. The van der Waals surface area contributed by atoms with E-state index in [1.54, 1.807) is 6.07 Å². The van der Waals surface area contributed by atoms with Gasteiger partial charge in [0.2, 0.25) is 0 Å². The van der Waals surface area contributed by atoms with Gasteiger partial charge in [-0.05, 0) is 49.6 Å². The van der Waals surface area contributed by atoms with E-state index < -0.39 is 5.82 Å². The van der Waals surface area contributed by atoms with Gasteiger partial charge in [0.25, 0.3) is 5.91 Å². The molecular formula is C20H19ClF2N2O2. The van der Waals surface area contributed by atoms with Gasteiger partial charge in [-0.1, -0.05) is 17.7 Å². The molecule has 3 aromatic rings. The molecule has 142 valence electrons. The second kappa shape index (κ2) is 7.96. The zero-order chi connectivity index (χ0) is 19.6. The third-order valence-electron chi connectivity index (χ3n) is 4.33. The number of H-pyrrole nitrogens is 1. The molecule has 0 aliphatic carbocycles. The lowest BCUT2D eigenvalue weighted by atomic mass is 10.0. The molecular weight excluding hydrogens is 374 g/mol. The molecule has 0 saturated heterocycles. The van der Waals surface area contributed by atoms with E-state index >= 15 is 0 Å². The van der Waals surface area contributed by atoms with Crippen molar-refractivity contribution >= 4 is 28.4 Å². The molecule has 0 fully saturated rings. The van der Waals surface area contributed by atoms with Crippen LogP contribution in [0.3, 0.4) is 0 Å². The van der Waals surface area contributed by atoms with Crippen molar-refractivity contribution in [3.63, 3.8) is 0 Å². The molecule has 0 spiro atoms. The Balaban J connectivity index is 1.58. The minimum Gasteiger partial charge on any atom is -0.484 e. The van der Waals surface area contributed by atoms with Crippen molar-refractivity contribution in [2.24, 2.45) is 0 Å². The van der Waals surface area contributed by atoms with Gasteiger partial charge < -0.3 is 15.0 Å². The smallest absolute Gasteiger partial charge is 0.257 e. The van der Waals surface area contributed by atoms with Crippen molar-refractivity contribution in [3.05, 3.63) is 63.8 Å². The molecule has 0 saturated carbocycles. The predicted molar refractivity (Wildman–Crippen MR) is 101 cm³/mol. The molecule has 1 aromatic heterocycles. The minimum absolute atomic E-state index is 0.189. The van der Waals surface area contributed by atoms with Crippen molar-refractivity contribution in [1.29, 1.82) is 0 Å². The first-order valence-corrected chi connectivity index (χ1v) is 8.85. The van der Waals surface area contributed by atoms with Gasteiger partial charge in [0.05, 0.1) is 5.52 Å². The van der Waals surface area contributed by atoms with Crippen LogP contribution in [-0.2, 0) is 11.2 Å². The van der Waals surface area contributed by atoms with Crippen molar-refractivity contribution in [2.75, 3.05) is 13.2 Å². The first-order chi connectivity index (χ1) is 12.8. The molecule has 27 heavy (non-hydrogen) atoms. The van der Waals surface area contributed by atoms with Crippen LogP contribution in [0.5, 0.6) is 5.75 Å². The van der Waals surface area contributed by atoms with E-state index in [4.69, 9.17) is 16.3 Å². The summed E-state index contributed by atoms with van der Waals surface area (Å²) in [7, 11) is 0. The van der Waals surface area contributed by atoms with Crippen molar-refractivity contribution < 1.29 is 18.3 Å². The van der Waals surface area contributed by atoms with Crippen LogP contribution in [0.2, 0.25) is 5.02 Å². The maximum atomic E-state index is 14.0. The monoisotopic (exact) mass is 392 g/mol. The quantitative estimate of drug-likeness (QED) is 0.651. The maximum absolute atomic E-state index is 14.0. The molecule has 0 unspecified atom stereocenters. The average molecular weight is 393 g/mol. The molecule has 4 nitrogen and oxygen atoms in total. The number of rotatable bonds is 6. The number of nitrogens with one attached hydrogen (secondary N) is 2. The molecule has 2 N–H and O–H groups in total. The van der Waals surface area contributed by atoms with Gasteiger partial charge in [-0.2, -0.15) is 0 Å². The van der Waals surface area contributed by atoms with Crippen LogP contribution in [-0.4, -0.2) is 24.0 Å². The standard InChI is InChI=1S/C20H19ClF2N2O2/c1-11-3-4-17(23)20-19(11)16(12(2)25-20)5-6-24-18(26)10-27-15-8-13(21)7-14(22)9-15/h3-4,7-9,25H,5-6,10H2,1-2H3,(H,24,26). The number of carbonyl (C=O) groups is 1. The van der Waals surface area contributed by atoms with Crippen LogP contribution in [0.25, 0.3) is 10.9 Å². The van der Waals surface area contributed by atoms with E-state index in [-0.39, 0.29) is 29.1 Å². The molecule has 0 radical (unpaired) electrons. The average Bonchev–Trinajstić information content (AvgIpc) is 2.93. The van der Waals surface area contributed by atoms with E-state index in [2.05, 4.69) is 10.3 Å². The molecule has 0 bridgehead atoms. The first kappa shape index (κ1) is 19.2. The van der Waals surface area contributed by atoms with E-state index in [9.17, 15) is 13.6 Å². The van der Waals surface area contributed by atoms with Crippen LogP contribution in [0.4, 0.5) is 8.78 Å². The van der Waals surface area contributed by atoms with Gasteiger partial charge in [0, 0.05) is 28.7 Å². The van der Waals surface area contributed by atoms with Crippen molar-refractivity contribution in [2.45, 2.75) is 20.3 Å². The number of hydrogen-bond acceptors (Lipinski definition) is 2. The van der Waals surface area contributed by atoms with Crippen molar-refractivity contribution in [3.8, 4) is 5.75 Å². The Labute approximate surface area is 160 Å². The zero-order valence-corrected chi connectivity index (χ0v) is 15.7. The highest BCUT2D eigenvalue weighted by Crippen LogP contribution is 2.27. The number of fused-ring (bicyclic) bond motifs is 1. The molecule has 1 heterocycles. The summed E-state index contributed by atoms with van der Waals surface area (Å²) in [6.45, 7) is 3.93. The van der Waals surface area contributed by atoms with Gasteiger partial charge in [0.1, 0.15) is 17.4 Å². The maximum Gasteiger partial charge on any atom is 0.257 e. The summed E-state index contributed by atoms with van der Waals surface area (Å²) < 4.78 is 32.5. The number of hydrogen-bond donors (Lipinski definition) is 2. The van der Waals surface area contributed by atoms with E-state index in [1.807, 2.05) is 13.8 Å². The summed E-state index contributed by atoms with van der Waals surface area (Å²) in [6, 6.07) is 6.93. The second-order valence-corrected chi connectivity index (χ2v) is 6.77. The molecule has 0 aliphatic heterocycles. The Morgan fingerprint density at radius 2 is 2.00 bits per heavy atom. The summed E-state index contributed by atoms with van der Waals surface area (Å²) in [5.41, 5.74) is 3.31. The van der Waals surface area contributed by atoms with Crippen molar-refractivity contribution in [1.82, 2.24) is 10.3 Å². The summed E-state index contributed by atoms with van der Waals surface area (Å²) in [5, 5.41) is 3.80. The lowest BCUT2D eigenvalue weighted by Gasteiger charge is -2.09. The molecule has 1 amide bonds. The number of amides is 1. The summed E-state index contributed by atoms with van der Waals surface area (Å²) in [6.07, 6.45) is 0.549. The molecule has 0 atom stereocenters. The zero-order valence-electron chi connectivity index (χ0n) is 15.0. The fraction of sp³-hybridized carbons (Fsp3) is 0.250. The third-order valence-corrected chi connectivity index (χ3v) is 4.55. The van der Waals surface area contributed by atoms with Gasteiger partial charge in [-0.15, -0.1) is 0 Å². The van der Waals surface area contributed by atoms with Crippen LogP contribution >= 0.6 is 11.6 Å². The lowest BCUT2D eigenvalue weighted by molar-refractivity contribution is -0.123. The Morgan fingerprint density at radius 3 is 2.74 bits per heavy atom. The number of aryl methyl sites for hydroxylation is 2. The SMILES string of the molecule is Cc1[nH]c2c(F)ccc(C)c2c1CCNC(=O)COc1cc(F)cc(Cl)c1. The summed E-state index contributed by atoms with van der Waals surface area (Å²) >= 11 is 5.74. The lowest BCUT2D eigenvalue weighted by Crippen LogP contribution is -2.30. The number of benzene rings is 2. The van der Waals surface area contributed by atoms with Gasteiger partial charge in [-0.25, -0.2) is 8.78 Å². The number of ether oxygens (including phenoxy) is 1. The highest BCUT2D eigenvalue weighted by atomic mass is 35.5. The highest BCUT2D eigenvalue weighted by molar-refractivity contribution is 6.30. The van der Waals surface area contributed by atoms with Crippen LogP contribution in [0.15, 0.2) is 30.3 Å². The highest BCUT2D eigenvalue weighted by Gasteiger charge is 2.14. The van der Waals surface area contributed by atoms with Gasteiger partial charge in [-0.3, -0.25) is 4.79 Å². The van der Waals surface area contributed by atoms with Crippen LogP contribution in [0.1, 0.15) is 16.8 Å². The Kier molecular flexibility index (Phi) is 5.65.